The highest BCUT2D eigenvalue weighted by Crippen LogP contribution is 2.27. The van der Waals surface area contributed by atoms with E-state index in [9.17, 15) is 4.79 Å². The Morgan fingerprint density at radius 3 is 2.59 bits per heavy atom. The van der Waals surface area contributed by atoms with Crippen molar-refractivity contribution >= 4 is 23.0 Å². The molecule has 1 saturated carbocycles. The van der Waals surface area contributed by atoms with Crippen molar-refractivity contribution in [2.45, 2.75) is 25.5 Å². The number of hydrazine groups is 1. The lowest BCUT2D eigenvalue weighted by Crippen LogP contribution is -2.47. The van der Waals surface area contributed by atoms with Gasteiger partial charge in [0.1, 0.15) is 30.4 Å². The largest absolute Gasteiger partial charge is 0.491 e. The number of hydrogen-bond donors (Lipinski definition) is 1. The molecule has 7 rings (SSSR count). The highest BCUT2D eigenvalue weighted by molar-refractivity contribution is 6.14. The van der Waals surface area contributed by atoms with E-state index in [0.29, 0.717) is 54.6 Å². The second kappa shape index (κ2) is 10.7. The number of aromatic nitrogens is 4. The number of furan rings is 1. The van der Waals surface area contributed by atoms with Crippen molar-refractivity contribution in [3.8, 4) is 5.75 Å². The Morgan fingerprint density at radius 2 is 1.85 bits per heavy atom. The number of imidazole rings is 1. The zero-order chi connectivity index (χ0) is 27.9. The van der Waals surface area contributed by atoms with Gasteiger partial charge in [-0.1, -0.05) is 0 Å². The van der Waals surface area contributed by atoms with Crippen LogP contribution in [0, 0.1) is 0 Å². The molecular weight excluding hydrogens is 526 g/mol. The predicted molar refractivity (Wildman–Crippen MR) is 154 cm³/mol. The minimum Gasteiger partial charge on any atom is -0.491 e. The number of nitrogens with two attached hydrogens (primary N) is 1. The van der Waals surface area contributed by atoms with Crippen molar-refractivity contribution in [3.05, 3.63) is 64.6 Å². The first kappa shape index (κ1) is 25.9. The van der Waals surface area contributed by atoms with E-state index >= 15 is 0 Å². The third-order valence-electron chi connectivity index (χ3n) is 7.94. The van der Waals surface area contributed by atoms with Crippen LogP contribution in [0.3, 0.4) is 0 Å². The lowest BCUT2D eigenvalue weighted by molar-refractivity contribution is 0.0881. The van der Waals surface area contributed by atoms with E-state index < -0.39 is 0 Å². The molecule has 1 aromatic carbocycles. The Morgan fingerprint density at radius 1 is 1.05 bits per heavy atom. The van der Waals surface area contributed by atoms with E-state index in [-0.39, 0.29) is 12.4 Å². The molecule has 3 aromatic heterocycles. The molecule has 2 aliphatic heterocycles. The number of aliphatic imine (C=N–C) groups is 1. The maximum absolute atomic E-state index is 13.3. The molecule has 13 nitrogen and oxygen atoms in total. The van der Waals surface area contributed by atoms with E-state index in [0.717, 1.165) is 38.5 Å². The van der Waals surface area contributed by atoms with Gasteiger partial charge < -0.3 is 18.8 Å². The number of anilines is 2. The van der Waals surface area contributed by atoms with E-state index in [1.807, 2.05) is 24.3 Å². The molecule has 0 radical (unpaired) electrons. The SMILES string of the molecule is Cn1c(=O)n(CCN2CCN(c3ccc(OCCOC4CC4)cc3)CC2)c2nc3c(n21)C(c1ccco1)=NCN3N. The number of benzene rings is 1. The van der Waals surface area contributed by atoms with Crippen molar-refractivity contribution in [2.24, 2.45) is 17.9 Å². The molecule has 0 bridgehead atoms. The maximum Gasteiger partial charge on any atom is 0.345 e. The summed E-state index contributed by atoms with van der Waals surface area (Å²) in [6, 6.07) is 12.0. The zero-order valence-electron chi connectivity index (χ0n) is 23.2. The van der Waals surface area contributed by atoms with Crippen LogP contribution in [0.1, 0.15) is 24.3 Å². The summed E-state index contributed by atoms with van der Waals surface area (Å²) in [4.78, 5) is 27.4. The smallest absolute Gasteiger partial charge is 0.345 e. The van der Waals surface area contributed by atoms with Gasteiger partial charge in [0.25, 0.3) is 0 Å². The second-order valence-corrected chi connectivity index (χ2v) is 10.7. The molecular formula is C28H35N9O4. The molecule has 5 heterocycles. The number of piperazine rings is 1. The summed E-state index contributed by atoms with van der Waals surface area (Å²) >= 11 is 0. The fraction of sp³-hybridized carbons (Fsp3) is 0.464. The summed E-state index contributed by atoms with van der Waals surface area (Å²) in [5, 5.41) is 1.49. The van der Waals surface area contributed by atoms with Crippen molar-refractivity contribution in [3.63, 3.8) is 0 Å². The van der Waals surface area contributed by atoms with Gasteiger partial charge in [-0.15, -0.1) is 0 Å². The monoisotopic (exact) mass is 561 g/mol. The molecule has 4 aromatic rings. The Hall–Kier alpha value is -4.07. The molecule has 41 heavy (non-hydrogen) atoms. The normalized spacial score (nSPS) is 17.8. The topological polar surface area (TPSA) is 124 Å². The van der Waals surface area contributed by atoms with Gasteiger partial charge in [-0.05, 0) is 49.2 Å². The summed E-state index contributed by atoms with van der Waals surface area (Å²) < 4.78 is 22.1. The standard InChI is InChI=1S/C28H35N9O4/c1-32-28(38)35(27-31-26-25(37(27)32)24(30-19-36(26)29)23-3-2-16-41-23)15-12-33-10-13-34(14-11-33)20-4-6-21(7-5-20)39-17-18-40-22-8-9-22/h2-7,16,22H,8-15,17-19,29H2,1H3. The minimum absolute atomic E-state index is 0.136. The van der Waals surface area contributed by atoms with Gasteiger partial charge >= 0.3 is 5.69 Å². The van der Waals surface area contributed by atoms with E-state index in [1.54, 1.807) is 27.1 Å². The van der Waals surface area contributed by atoms with Gasteiger partial charge in [0.05, 0.1) is 19.0 Å². The fourth-order valence-corrected chi connectivity index (χ4v) is 5.53. The van der Waals surface area contributed by atoms with Crippen molar-refractivity contribution in [1.82, 2.24) is 23.6 Å². The molecule has 1 saturated heterocycles. The van der Waals surface area contributed by atoms with E-state index in [1.165, 1.54) is 23.5 Å². The summed E-state index contributed by atoms with van der Waals surface area (Å²) in [6.07, 6.45) is 4.42. The average molecular weight is 562 g/mol. The van der Waals surface area contributed by atoms with Crippen LogP contribution in [-0.2, 0) is 18.3 Å². The zero-order valence-corrected chi connectivity index (χ0v) is 23.2. The van der Waals surface area contributed by atoms with Gasteiger partial charge in [-0.2, -0.15) is 4.98 Å². The molecule has 0 unspecified atom stereocenters. The van der Waals surface area contributed by atoms with E-state index in [4.69, 9.17) is 24.7 Å². The van der Waals surface area contributed by atoms with Crippen LogP contribution < -0.4 is 26.2 Å². The molecule has 1 aliphatic carbocycles. The second-order valence-electron chi connectivity index (χ2n) is 10.7. The van der Waals surface area contributed by atoms with E-state index in [2.05, 4.69) is 26.9 Å². The highest BCUT2D eigenvalue weighted by Gasteiger charge is 2.31. The van der Waals surface area contributed by atoms with Gasteiger partial charge in [0, 0.05) is 52.0 Å². The Kier molecular flexibility index (Phi) is 6.77. The first-order chi connectivity index (χ1) is 20.1. The van der Waals surface area contributed by atoms with Crippen molar-refractivity contribution in [1.29, 1.82) is 0 Å². The first-order valence-electron chi connectivity index (χ1n) is 14.2. The van der Waals surface area contributed by atoms with Crippen molar-refractivity contribution < 1.29 is 13.9 Å². The molecule has 13 heteroatoms. The van der Waals surface area contributed by atoms with Gasteiger partial charge in [0.15, 0.2) is 11.6 Å². The lowest BCUT2D eigenvalue weighted by atomic mass is 10.2. The van der Waals surface area contributed by atoms with Gasteiger partial charge in [-0.25, -0.2) is 19.8 Å². The Balaban J connectivity index is 0.987. The molecule has 2 fully saturated rings. The van der Waals surface area contributed by atoms with Crippen LogP contribution in [0.25, 0.3) is 5.78 Å². The molecule has 216 valence electrons. The molecule has 2 N–H and O–H groups in total. The maximum atomic E-state index is 13.3. The lowest BCUT2D eigenvalue weighted by Gasteiger charge is -2.36. The summed E-state index contributed by atoms with van der Waals surface area (Å²) in [6.45, 7) is 6.39. The van der Waals surface area contributed by atoms with Gasteiger partial charge in [0.2, 0.25) is 5.78 Å². The Bertz CT molecular complexity index is 1590. The van der Waals surface area contributed by atoms with Gasteiger partial charge in [-0.3, -0.25) is 19.5 Å². The first-order valence-corrected chi connectivity index (χ1v) is 14.2. The predicted octanol–water partition coefficient (Wildman–Crippen LogP) is 1.30. The summed E-state index contributed by atoms with van der Waals surface area (Å²) in [5.74, 6) is 8.81. The number of aryl methyl sites for hydroxylation is 1. The summed E-state index contributed by atoms with van der Waals surface area (Å²) in [5.41, 5.74) is 2.34. The quantitative estimate of drug-likeness (QED) is 0.225. The molecule has 3 aliphatic rings. The number of fused-ring (bicyclic) bond motifs is 3. The number of hydrogen-bond acceptors (Lipinski definition) is 10. The number of nitrogens with zero attached hydrogens (tertiary/aromatic N) is 8. The summed E-state index contributed by atoms with van der Waals surface area (Å²) in [7, 11) is 1.74. The van der Waals surface area contributed by atoms with Crippen LogP contribution in [0.4, 0.5) is 11.5 Å². The number of rotatable bonds is 10. The van der Waals surface area contributed by atoms with Crippen LogP contribution in [0.2, 0.25) is 0 Å². The third-order valence-corrected chi connectivity index (χ3v) is 7.94. The van der Waals surface area contributed by atoms with Crippen LogP contribution >= 0.6 is 0 Å². The third kappa shape index (κ3) is 5.00. The molecule has 0 amide bonds. The average Bonchev–Trinajstić information content (AvgIpc) is 3.40. The van der Waals surface area contributed by atoms with Crippen molar-refractivity contribution in [2.75, 3.05) is 62.5 Å². The minimum atomic E-state index is -0.136. The fourth-order valence-electron chi connectivity index (χ4n) is 5.53. The van der Waals surface area contributed by atoms with Crippen LogP contribution in [0.15, 0.2) is 56.9 Å². The molecule has 0 atom stereocenters. The van der Waals surface area contributed by atoms with Crippen LogP contribution in [0.5, 0.6) is 5.75 Å². The van der Waals surface area contributed by atoms with Crippen LogP contribution in [-0.4, -0.2) is 88.1 Å². The number of ether oxygens (including phenoxy) is 2. The highest BCUT2D eigenvalue weighted by atomic mass is 16.5. The molecule has 0 spiro atoms. The Labute approximate surface area is 236 Å².